The van der Waals surface area contributed by atoms with Crippen LogP contribution in [0, 0.1) is 0 Å². The Hall–Kier alpha value is -3.03. The van der Waals surface area contributed by atoms with E-state index in [0.717, 1.165) is 55.9 Å². The molecule has 8 heteroatoms. The van der Waals surface area contributed by atoms with Gasteiger partial charge in [0.05, 0.1) is 0 Å². The second kappa shape index (κ2) is 8.55. The lowest BCUT2D eigenvalue weighted by molar-refractivity contribution is 0.0948. The molecule has 0 atom stereocenters. The number of carbonyl (C=O) groups excluding carboxylic acids is 1. The summed E-state index contributed by atoms with van der Waals surface area (Å²) in [5.41, 5.74) is 2.18. The van der Waals surface area contributed by atoms with Crippen molar-refractivity contribution in [1.82, 2.24) is 29.9 Å². The number of nitrogens with one attached hydrogen (secondary N) is 1. The van der Waals surface area contributed by atoms with E-state index < -0.39 is 0 Å². The van der Waals surface area contributed by atoms with E-state index in [2.05, 4.69) is 44.2 Å². The number of pyridine rings is 1. The minimum Gasteiger partial charge on any atom is -0.351 e. The second-order valence-electron chi connectivity index (χ2n) is 7.73. The van der Waals surface area contributed by atoms with E-state index in [1.54, 1.807) is 0 Å². The predicted octanol–water partition coefficient (Wildman–Crippen LogP) is 2.61. The summed E-state index contributed by atoms with van der Waals surface area (Å²) in [6.07, 6.45) is 5.77. The number of aryl methyl sites for hydroxylation is 1. The van der Waals surface area contributed by atoms with Gasteiger partial charge < -0.3 is 10.2 Å². The maximum Gasteiger partial charge on any atom is 0.270 e. The standard InChI is InChI=1S/C21H27N7O/c1-15(2)16-14-17(24-21(23-16)27-11-5-6-12-27)20(29)22-10-7-9-19-26-25-18-8-3-4-13-28(18)19/h3-4,8,13-15H,5-7,9-12H2,1-2H3,(H,22,29). The Bertz CT molecular complexity index is 992. The van der Waals surface area contributed by atoms with Crippen LogP contribution < -0.4 is 10.2 Å². The zero-order chi connectivity index (χ0) is 20.2. The maximum atomic E-state index is 12.7. The van der Waals surface area contributed by atoms with Crippen molar-refractivity contribution in [2.24, 2.45) is 0 Å². The van der Waals surface area contributed by atoms with Gasteiger partial charge in [0.2, 0.25) is 5.95 Å². The number of hydrogen-bond donors (Lipinski definition) is 1. The van der Waals surface area contributed by atoms with Crippen LogP contribution in [0.4, 0.5) is 5.95 Å². The van der Waals surface area contributed by atoms with Crippen LogP contribution in [0.25, 0.3) is 5.65 Å². The molecule has 1 aliphatic rings. The predicted molar refractivity (Wildman–Crippen MR) is 111 cm³/mol. The van der Waals surface area contributed by atoms with Crippen molar-refractivity contribution in [3.63, 3.8) is 0 Å². The molecule has 4 heterocycles. The molecular weight excluding hydrogens is 366 g/mol. The van der Waals surface area contributed by atoms with Gasteiger partial charge in [-0.2, -0.15) is 0 Å². The van der Waals surface area contributed by atoms with Gasteiger partial charge in [-0.1, -0.05) is 19.9 Å². The maximum absolute atomic E-state index is 12.7. The highest BCUT2D eigenvalue weighted by molar-refractivity contribution is 5.92. The van der Waals surface area contributed by atoms with Gasteiger partial charge in [0.25, 0.3) is 5.91 Å². The van der Waals surface area contributed by atoms with Gasteiger partial charge in [-0.3, -0.25) is 9.20 Å². The molecule has 0 unspecified atom stereocenters. The van der Waals surface area contributed by atoms with E-state index in [4.69, 9.17) is 0 Å². The van der Waals surface area contributed by atoms with Crippen LogP contribution in [-0.2, 0) is 6.42 Å². The number of rotatable bonds is 7. The number of anilines is 1. The zero-order valence-electron chi connectivity index (χ0n) is 17.0. The van der Waals surface area contributed by atoms with Gasteiger partial charge in [0, 0.05) is 37.9 Å². The van der Waals surface area contributed by atoms with Crippen molar-refractivity contribution >= 4 is 17.5 Å². The summed E-state index contributed by atoms with van der Waals surface area (Å²) in [4.78, 5) is 24.1. The first-order valence-corrected chi connectivity index (χ1v) is 10.3. The summed E-state index contributed by atoms with van der Waals surface area (Å²) in [6.45, 7) is 6.63. The van der Waals surface area contributed by atoms with Gasteiger partial charge in [0.1, 0.15) is 11.5 Å². The normalized spacial score (nSPS) is 14.1. The number of nitrogens with zero attached hydrogens (tertiary/aromatic N) is 6. The van der Waals surface area contributed by atoms with Crippen LogP contribution in [0.3, 0.4) is 0 Å². The Morgan fingerprint density at radius 2 is 2.00 bits per heavy atom. The number of aromatic nitrogens is 5. The summed E-state index contributed by atoms with van der Waals surface area (Å²) in [5.74, 6) is 1.66. The van der Waals surface area contributed by atoms with Crippen LogP contribution in [0.15, 0.2) is 30.5 Å². The van der Waals surface area contributed by atoms with Crippen LogP contribution in [-0.4, -0.2) is 50.1 Å². The molecule has 3 aromatic rings. The molecule has 1 saturated heterocycles. The molecule has 0 aliphatic carbocycles. The summed E-state index contributed by atoms with van der Waals surface area (Å²) >= 11 is 0. The van der Waals surface area contributed by atoms with E-state index in [0.29, 0.717) is 18.2 Å². The van der Waals surface area contributed by atoms with Gasteiger partial charge in [-0.05, 0) is 43.4 Å². The molecule has 0 spiro atoms. The van der Waals surface area contributed by atoms with Crippen molar-refractivity contribution < 1.29 is 4.79 Å². The van der Waals surface area contributed by atoms with E-state index in [9.17, 15) is 4.79 Å². The zero-order valence-corrected chi connectivity index (χ0v) is 17.0. The lowest BCUT2D eigenvalue weighted by Crippen LogP contribution is -2.28. The van der Waals surface area contributed by atoms with Gasteiger partial charge in [0.15, 0.2) is 5.65 Å². The number of hydrogen-bond acceptors (Lipinski definition) is 6. The summed E-state index contributed by atoms with van der Waals surface area (Å²) in [5, 5.41) is 11.4. The first kappa shape index (κ1) is 19.3. The molecule has 1 amide bonds. The number of carbonyl (C=O) groups is 1. The minimum absolute atomic E-state index is 0.152. The lowest BCUT2D eigenvalue weighted by Gasteiger charge is -2.18. The van der Waals surface area contributed by atoms with Gasteiger partial charge >= 0.3 is 0 Å². The average molecular weight is 393 g/mol. The van der Waals surface area contributed by atoms with Crippen molar-refractivity contribution in [2.75, 3.05) is 24.5 Å². The molecule has 0 aromatic carbocycles. The van der Waals surface area contributed by atoms with Gasteiger partial charge in [-0.25, -0.2) is 9.97 Å². The minimum atomic E-state index is -0.152. The van der Waals surface area contributed by atoms with Crippen LogP contribution in [0.5, 0.6) is 0 Å². The fourth-order valence-corrected chi connectivity index (χ4v) is 3.52. The molecule has 29 heavy (non-hydrogen) atoms. The number of amides is 1. The molecule has 1 aliphatic heterocycles. The topological polar surface area (TPSA) is 88.3 Å². The fourth-order valence-electron chi connectivity index (χ4n) is 3.52. The van der Waals surface area contributed by atoms with Gasteiger partial charge in [-0.15, -0.1) is 10.2 Å². The largest absolute Gasteiger partial charge is 0.351 e. The Labute approximate surface area is 170 Å². The molecule has 1 fully saturated rings. The Morgan fingerprint density at radius 3 is 2.79 bits per heavy atom. The summed E-state index contributed by atoms with van der Waals surface area (Å²) < 4.78 is 1.98. The molecule has 3 aromatic heterocycles. The van der Waals surface area contributed by atoms with E-state index in [1.165, 1.54) is 0 Å². The van der Waals surface area contributed by atoms with Crippen molar-refractivity contribution in [3.05, 3.63) is 47.7 Å². The molecule has 8 nitrogen and oxygen atoms in total. The third-order valence-corrected chi connectivity index (χ3v) is 5.19. The fraction of sp³-hybridized carbons (Fsp3) is 0.476. The van der Waals surface area contributed by atoms with E-state index in [1.807, 2.05) is 34.9 Å². The smallest absolute Gasteiger partial charge is 0.270 e. The average Bonchev–Trinajstić information content (AvgIpc) is 3.41. The third-order valence-electron chi connectivity index (χ3n) is 5.19. The quantitative estimate of drug-likeness (QED) is 0.621. The second-order valence-corrected chi connectivity index (χ2v) is 7.73. The highest BCUT2D eigenvalue weighted by atomic mass is 16.1. The lowest BCUT2D eigenvalue weighted by atomic mass is 10.1. The van der Waals surface area contributed by atoms with Crippen molar-refractivity contribution in [1.29, 1.82) is 0 Å². The highest BCUT2D eigenvalue weighted by Gasteiger charge is 2.19. The molecule has 4 rings (SSSR count). The summed E-state index contributed by atoms with van der Waals surface area (Å²) in [7, 11) is 0. The third kappa shape index (κ3) is 4.36. The first-order valence-electron chi connectivity index (χ1n) is 10.3. The highest BCUT2D eigenvalue weighted by Crippen LogP contribution is 2.20. The van der Waals surface area contributed by atoms with Crippen LogP contribution in [0.1, 0.15) is 61.0 Å². The monoisotopic (exact) mass is 393 g/mol. The number of fused-ring (bicyclic) bond motifs is 1. The Morgan fingerprint density at radius 1 is 1.17 bits per heavy atom. The van der Waals surface area contributed by atoms with Crippen molar-refractivity contribution in [3.8, 4) is 0 Å². The Kier molecular flexibility index (Phi) is 5.69. The Balaban J connectivity index is 1.38. The molecular formula is C21H27N7O. The summed E-state index contributed by atoms with van der Waals surface area (Å²) in [6, 6.07) is 7.64. The SMILES string of the molecule is CC(C)c1cc(C(=O)NCCCc2nnc3ccccn23)nc(N2CCCC2)n1. The van der Waals surface area contributed by atoms with Crippen LogP contribution in [0.2, 0.25) is 0 Å². The first-order chi connectivity index (χ1) is 14.1. The van der Waals surface area contributed by atoms with Crippen molar-refractivity contribution in [2.45, 2.75) is 45.4 Å². The van der Waals surface area contributed by atoms with E-state index in [-0.39, 0.29) is 11.8 Å². The molecule has 0 bridgehead atoms. The van der Waals surface area contributed by atoms with E-state index >= 15 is 0 Å². The van der Waals surface area contributed by atoms with Crippen LogP contribution >= 0.6 is 0 Å². The molecule has 1 N–H and O–H groups in total. The molecule has 0 saturated carbocycles. The molecule has 152 valence electrons. The molecule has 0 radical (unpaired) electrons.